The third-order valence-electron chi connectivity index (χ3n) is 5.80. The Bertz CT molecular complexity index is 1220. The summed E-state index contributed by atoms with van der Waals surface area (Å²) in [7, 11) is 0. The second kappa shape index (κ2) is 9.20. The Kier molecular flexibility index (Phi) is 5.81. The Balaban J connectivity index is 1.31. The number of aromatic nitrogens is 3. The second-order valence-electron chi connectivity index (χ2n) is 7.89. The highest BCUT2D eigenvalue weighted by atomic mass is 16.5. The number of H-pyrrole nitrogens is 1. The number of benzene rings is 1. The summed E-state index contributed by atoms with van der Waals surface area (Å²) >= 11 is 0. The van der Waals surface area contributed by atoms with E-state index in [4.69, 9.17) is 4.74 Å². The smallest absolute Gasteiger partial charge is 0.255 e. The van der Waals surface area contributed by atoms with Gasteiger partial charge in [-0.3, -0.25) is 9.78 Å². The molecule has 1 aromatic carbocycles. The van der Waals surface area contributed by atoms with E-state index in [0.717, 1.165) is 48.3 Å². The Labute approximate surface area is 186 Å². The Morgan fingerprint density at radius 2 is 1.88 bits per heavy atom. The van der Waals surface area contributed by atoms with E-state index in [1.54, 1.807) is 12.3 Å². The molecule has 0 unspecified atom stereocenters. The van der Waals surface area contributed by atoms with Crippen molar-refractivity contribution in [2.75, 3.05) is 36.5 Å². The molecule has 1 aliphatic rings. The number of carbonyl (C=O) groups is 1. The molecule has 1 saturated heterocycles. The van der Waals surface area contributed by atoms with Crippen molar-refractivity contribution in [2.24, 2.45) is 0 Å². The predicted octanol–water partition coefficient (Wildman–Crippen LogP) is 3.83. The molecule has 5 rings (SSSR count). The van der Waals surface area contributed by atoms with Crippen molar-refractivity contribution in [3.05, 3.63) is 83.9 Å². The molecule has 162 valence electrons. The third kappa shape index (κ3) is 4.48. The summed E-state index contributed by atoms with van der Waals surface area (Å²) in [5.41, 5.74) is 4.91. The van der Waals surface area contributed by atoms with Gasteiger partial charge in [0.05, 0.1) is 13.2 Å². The van der Waals surface area contributed by atoms with Crippen LogP contribution in [0.25, 0.3) is 10.9 Å². The zero-order chi connectivity index (χ0) is 21.8. The van der Waals surface area contributed by atoms with Crippen LogP contribution in [-0.2, 0) is 17.6 Å². The lowest BCUT2D eigenvalue weighted by Gasteiger charge is -2.27. The quantitative estimate of drug-likeness (QED) is 0.489. The Hall–Kier alpha value is -3.71. The van der Waals surface area contributed by atoms with Gasteiger partial charge in [0.15, 0.2) is 0 Å². The number of amides is 1. The first kappa shape index (κ1) is 20.2. The zero-order valence-corrected chi connectivity index (χ0v) is 17.8. The number of aromatic amines is 1. The molecule has 1 amide bonds. The van der Waals surface area contributed by atoms with E-state index in [1.807, 2.05) is 48.8 Å². The zero-order valence-electron chi connectivity index (χ0n) is 17.8. The first-order chi connectivity index (χ1) is 15.8. The SMILES string of the molecule is O=C(Nc1ccc2[nH]cc(CCc3ccncc3)c2c1)c1ccnc(N2CCOCC2)c1. The molecule has 0 aliphatic carbocycles. The van der Waals surface area contributed by atoms with E-state index < -0.39 is 0 Å². The normalized spacial score (nSPS) is 13.9. The van der Waals surface area contributed by atoms with Gasteiger partial charge in [-0.1, -0.05) is 0 Å². The number of aryl methyl sites for hydroxylation is 2. The second-order valence-corrected chi connectivity index (χ2v) is 7.89. The van der Waals surface area contributed by atoms with Gasteiger partial charge in [0.25, 0.3) is 5.91 Å². The summed E-state index contributed by atoms with van der Waals surface area (Å²) in [5.74, 6) is 0.663. The lowest BCUT2D eigenvalue weighted by atomic mass is 10.0. The highest BCUT2D eigenvalue weighted by Crippen LogP contribution is 2.24. The number of hydrogen-bond donors (Lipinski definition) is 2. The van der Waals surface area contributed by atoms with Gasteiger partial charge in [-0.15, -0.1) is 0 Å². The van der Waals surface area contributed by atoms with Crippen molar-refractivity contribution in [3.63, 3.8) is 0 Å². The number of ether oxygens (including phenoxy) is 1. The van der Waals surface area contributed by atoms with Gasteiger partial charge < -0.3 is 19.9 Å². The maximum Gasteiger partial charge on any atom is 0.255 e. The van der Waals surface area contributed by atoms with E-state index in [9.17, 15) is 4.79 Å². The monoisotopic (exact) mass is 427 g/mol. The van der Waals surface area contributed by atoms with Crippen LogP contribution in [0.15, 0.2) is 67.3 Å². The predicted molar refractivity (Wildman–Crippen MR) is 125 cm³/mol. The molecular weight excluding hydrogens is 402 g/mol. The molecule has 4 heterocycles. The fourth-order valence-corrected chi connectivity index (χ4v) is 4.02. The molecule has 7 nitrogen and oxygen atoms in total. The minimum absolute atomic E-state index is 0.143. The lowest BCUT2D eigenvalue weighted by molar-refractivity contribution is 0.102. The van der Waals surface area contributed by atoms with Gasteiger partial charge >= 0.3 is 0 Å². The van der Waals surface area contributed by atoms with Crippen LogP contribution in [0, 0.1) is 0 Å². The summed E-state index contributed by atoms with van der Waals surface area (Å²) in [6.45, 7) is 2.92. The van der Waals surface area contributed by atoms with Gasteiger partial charge in [-0.25, -0.2) is 4.98 Å². The number of fused-ring (bicyclic) bond motifs is 1. The number of hydrogen-bond acceptors (Lipinski definition) is 5. The average molecular weight is 428 g/mol. The molecule has 1 aliphatic heterocycles. The number of morpholine rings is 1. The molecule has 2 N–H and O–H groups in total. The molecule has 1 fully saturated rings. The minimum atomic E-state index is -0.143. The van der Waals surface area contributed by atoms with Gasteiger partial charge in [0.1, 0.15) is 5.82 Å². The Morgan fingerprint density at radius 3 is 2.72 bits per heavy atom. The number of pyridine rings is 2. The Morgan fingerprint density at radius 1 is 1.03 bits per heavy atom. The summed E-state index contributed by atoms with van der Waals surface area (Å²) in [4.78, 5) is 26.9. The third-order valence-corrected chi connectivity index (χ3v) is 5.80. The maximum absolute atomic E-state index is 12.9. The summed E-state index contributed by atoms with van der Waals surface area (Å²) < 4.78 is 5.40. The molecular formula is C25H25N5O2. The standard InChI is InChI=1S/C25H25N5O2/c31-25(19-7-10-27-24(15-19)30-11-13-32-14-12-30)29-21-3-4-23-22(16-21)20(17-28-23)2-1-18-5-8-26-9-6-18/h3-10,15-17,28H,1-2,11-14H2,(H,29,31). The molecule has 0 spiro atoms. The number of anilines is 2. The summed E-state index contributed by atoms with van der Waals surface area (Å²) in [5, 5.41) is 4.16. The van der Waals surface area contributed by atoms with Gasteiger partial charge in [-0.2, -0.15) is 0 Å². The molecule has 0 radical (unpaired) electrons. The molecule has 0 bridgehead atoms. The van der Waals surface area contributed by atoms with Crippen LogP contribution in [0.5, 0.6) is 0 Å². The summed E-state index contributed by atoms with van der Waals surface area (Å²) in [6.07, 6.45) is 9.23. The first-order valence-electron chi connectivity index (χ1n) is 10.9. The van der Waals surface area contributed by atoms with E-state index in [2.05, 4.69) is 31.4 Å². The highest BCUT2D eigenvalue weighted by molar-refractivity contribution is 6.05. The van der Waals surface area contributed by atoms with Crippen LogP contribution in [0.2, 0.25) is 0 Å². The fraction of sp³-hybridized carbons (Fsp3) is 0.240. The largest absolute Gasteiger partial charge is 0.378 e. The molecule has 0 saturated carbocycles. The number of rotatable bonds is 6. The van der Waals surface area contributed by atoms with E-state index in [1.165, 1.54) is 11.1 Å². The van der Waals surface area contributed by atoms with Crippen LogP contribution in [0.4, 0.5) is 11.5 Å². The maximum atomic E-state index is 12.9. The molecule has 0 atom stereocenters. The van der Waals surface area contributed by atoms with Crippen molar-refractivity contribution < 1.29 is 9.53 Å². The van der Waals surface area contributed by atoms with Crippen molar-refractivity contribution in [1.29, 1.82) is 0 Å². The van der Waals surface area contributed by atoms with Crippen molar-refractivity contribution in [1.82, 2.24) is 15.0 Å². The van der Waals surface area contributed by atoms with Crippen LogP contribution < -0.4 is 10.2 Å². The van der Waals surface area contributed by atoms with E-state index >= 15 is 0 Å². The van der Waals surface area contributed by atoms with Crippen LogP contribution in [0.3, 0.4) is 0 Å². The highest BCUT2D eigenvalue weighted by Gasteiger charge is 2.15. The fourth-order valence-electron chi connectivity index (χ4n) is 4.02. The van der Waals surface area contributed by atoms with E-state index in [0.29, 0.717) is 18.8 Å². The first-order valence-corrected chi connectivity index (χ1v) is 10.9. The topological polar surface area (TPSA) is 83.1 Å². The van der Waals surface area contributed by atoms with Gasteiger partial charge in [0.2, 0.25) is 0 Å². The molecule has 4 aromatic rings. The minimum Gasteiger partial charge on any atom is -0.378 e. The van der Waals surface area contributed by atoms with Crippen molar-refractivity contribution >= 4 is 28.3 Å². The van der Waals surface area contributed by atoms with Gasteiger partial charge in [-0.05, 0) is 66.4 Å². The van der Waals surface area contributed by atoms with Crippen molar-refractivity contribution in [2.45, 2.75) is 12.8 Å². The van der Waals surface area contributed by atoms with Crippen molar-refractivity contribution in [3.8, 4) is 0 Å². The number of carbonyl (C=O) groups excluding carboxylic acids is 1. The van der Waals surface area contributed by atoms with Crippen LogP contribution in [0.1, 0.15) is 21.5 Å². The van der Waals surface area contributed by atoms with Crippen LogP contribution >= 0.6 is 0 Å². The molecule has 32 heavy (non-hydrogen) atoms. The number of nitrogens with one attached hydrogen (secondary N) is 2. The van der Waals surface area contributed by atoms with Crippen LogP contribution in [-0.4, -0.2) is 47.2 Å². The van der Waals surface area contributed by atoms with E-state index in [-0.39, 0.29) is 5.91 Å². The average Bonchev–Trinajstić information content (AvgIpc) is 3.26. The lowest BCUT2D eigenvalue weighted by Crippen LogP contribution is -2.36. The number of nitrogens with zero attached hydrogens (tertiary/aromatic N) is 3. The molecule has 3 aromatic heterocycles. The van der Waals surface area contributed by atoms with Gasteiger partial charge in [0, 0.05) is 60.0 Å². The summed E-state index contributed by atoms with van der Waals surface area (Å²) in [6, 6.07) is 13.6. The molecule has 7 heteroatoms.